The van der Waals surface area contributed by atoms with Crippen LogP contribution in [0.2, 0.25) is 0 Å². The minimum absolute atomic E-state index is 0.116. The molecular weight excluding hydrogens is 408 g/mol. The van der Waals surface area contributed by atoms with Gasteiger partial charge in [-0.05, 0) is 61.7 Å². The average Bonchev–Trinajstić information content (AvgIpc) is 2.76. The summed E-state index contributed by atoms with van der Waals surface area (Å²) in [6, 6.07) is 21.5. The molecule has 3 aromatic carbocycles. The quantitative estimate of drug-likeness (QED) is 0.588. The number of nitrogens with one attached hydrogen (secondary N) is 1. The smallest absolute Gasteiger partial charge is 0.251 e. The molecule has 0 bridgehead atoms. The van der Waals surface area contributed by atoms with Gasteiger partial charge in [-0.2, -0.15) is 4.31 Å². The highest BCUT2D eigenvalue weighted by Gasteiger charge is 2.20. The van der Waals surface area contributed by atoms with Crippen LogP contribution in [0.15, 0.2) is 77.7 Å². The Morgan fingerprint density at radius 1 is 0.968 bits per heavy atom. The van der Waals surface area contributed by atoms with Gasteiger partial charge in [0.15, 0.2) is 0 Å². The number of carbonyl (C=O) groups is 1. The second kappa shape index (κ2) is 9.45. The Morgan fingerprint density at radius 2 is 1.61 bits per heavy atom. The number of hydrogen-bond acceptors (Lipinski definition) is 3. The second-order valence-electron chi connectivity index (χ2n) is 7.83. The van der Waals surface area contributed by atoms with Gasteiger partial charge in [-0.1, -0.05) is 54.1 Å². The summed E-state index contributed by atoms with van der Waals surface area (Å²) in [5, 5.41) is 3.04. The number of aryl methyl sites for hydroxylation is 2. The molecule has 0 aromatic heterocycles. The summed E-state index contributed by atoms with van der Waals surface area (Å²) in [6.45, 7) is 6.26. The first-order chi connectivity index (χ1) is 14.7. The van der Waals surface area contributed by atoms with Crippen LogP contribution in [0.1, 0.15) is 45.6 Å². The van der Waals surface area contributed by atoms with E-state index in [0.29, 0.717) is 5.56 Å². The molecule has 6 heteroatoms. The van der Waals surface area contributed by atoms with Gasteiger partial charge >= 0.3 is 0 Å². The van der Waals surface area contributed by atoms with E-state index in [9.17, 15) is 13.2 Å². The van der Waals surface area contributed by atoms with Crippen molar-refractivity contribution in [2.45, 2.75) is 38.3 Å². The predicted octanol–water partition coefficient (Wildman–Crippen LogP) is 4.62. The Labute approximate surface area is 184 Å². The molecule has 0 fully saturated rings. The van der Waals surface area contributed by atoms with Crippen molar-refractivity contribution < 1.29 is 13.2 Å². The largest absolute Gasteiger partial charge is 0.346 e. The molecule has 162 valence electrons. The van der Waals surface area contributed by atoms with Gasteiger partial charge in [0.05, 0.1) is 10.9 Å². The van der Waals surface area contributed by atoms with E-state index in [1.54, 1.807) is 61.6 Å². The highest BCUT2D eigenvalue weighted by atomic mass is 32.2. The first kappa shape index (κ1) is 22.7. The summed E-state index contributed by atoms with van der Waals surface area (Å²) in [5.41, 5.74) is 4.73. The van der Waals surface area contributed by atoms with Crippen molar-refractivity contribution in [2.24, 2.45) is 0 Å². The molecule has 0 unspecified atom stereocenters. The van der Waals surface area contributed by atoms with Crippen molar-refractivity contribution in [1.29, 1.82) is 0 Å². The third kappa shape index (κ3) is 5.40. The maximum absolute atomic E-state index is 12.7. The lowest BCUT2D eigenvalue weighted by Gasteiger charge is -2.18. The van der Waals surface area contributed by atoms with E-state index in [1.807, 2.05) is 20.8 Å². The zero-order valence-electron chi connectivity index (χ0n) is 18.3. The third-order valence-electron chi connectivity index (χ3n) is 5.32. The van der Waals surface area contributed by atoms with Crippen LogP contribution in [0.4, 0.5) is 0 Å². The van der Waals surface area contributed by atoms with E-state index in [0.717, 1.165) is 22.3 Å². The van der Waals surface area contributed by atoms with Gasteiger partial charge in [0.25, 0.3) is 5.91 Å². The van der Waals surface area contributed by atoms with Crippen LogP contribution in [0.25, 0.3) is 0 Å². The number of amides is 1. The van der Waals surface area contributed by atoms with Gasteiger partial charge in [0, 0.05) is 19.2 Å². The first-order valence-corrected chi connectivity index (χ1v) is 11.6. The standard InChI is InChI=1S/C25H28N2O3S/c1-18-10-11-19(2)24(16-18)20(3)26-25(28)22-14-12-21(13-15-22)17-27(4)31(29,30)23-8-6-5-7-9-23/h5-16,20H,17H2,1-4H3,(H,26,28)/t20-/m0/s1. The Morgan fingerprint density at radius 3 is 2.26 bits per heavy atom. The van der Waals surface area contributed by atoms with Crippen LogP contribution in [0.3, 0.4) is 0 Å². The highest BCUT2D eigenvalue weighted by Crippen LogP contribution is 2.20. The predicted molar refractivity (Wildman–Crippen MR) is 123 cm³/mol. The maximum Gasteiger partial charge on any atom is 0.251 e. The van der Waals surface area contributed by atoms with E-state index in [-0.39, 0.29) is 23.4 Å². The van der Waals surface area contributed by atoms with Crippen molar-refractivity contribution in [3.63, 3.8) is 0 Å². The summed E-state index contributed by atoms with van der Waals surface area (Å²) in [5.74, 6) is -0.162. The van der Waals surface area contributed by atoms with Crippen LogP contribution >= 0.6 is 0 Å². The molecular formula is C25H28N2O3S. The van der Waals surface area contributed by atoms with Crippen LogP contribution in [-0.4, -0.2) is 25.7 Å². The normalized spacial score (nSPS) is 12.5. The first-order valence-electron chi connectivity index (χ1n) is 10.2. The lowest BCUT2D eigenvalue weighted by atomic mass is 9.99. The monoisotopic (exact) mass is 436 g/mol. The zero-order chi connectivity index (χ0) is 22.6. The van der Waals surface area contributed by atoms with Crippen molar-refractivity contribution >= 4 is 15.9 Å². The van der Waals surface area contributed by atoms with Gasteiger partial charge in [0.2, 0.25) is 10.0 Å². The van der Waals surface area contributed by atoms with Crippen molar-refractivity contribution in [2.75, 3.05) is 7.05 Å². The summed E-state index contributed by atoms with van der Waals surface area (Å²) in [7, 11) is -2.01. The number of rotatable bonds is 7. The molecule has 0 heterocycles. The molecule has 0 aliphatic carbocycles. The van der Waals surface area contributed by atoms with Gasteiger partial charge in [-0.3, -0.25) is 4.79 Å². The molecule has 0 aliphatic rings. The molecule has 0 saturated heterocycles. The molecule has 3 rings (SSSR count). The van der Waals surface area contributed by atoms with Crippen LogP contribution in [-0.2, 0) is 16.6 Å². The molecule has 1 amide bonds. The van der Waals surface area contributed by atoms with Crippen molar-refractivity contribution in [3.8, 4) is 0 Å². The summed E-state index contributed by atoms with van der Waals surface area (Å²) in [6.07, 6.45) is 0. The van der Waals surface area contributed by atoms with Gasteiger partial charge in [-0.25, -0.2) is 8.42 Å². The minimum atomic E-state index is -3.56. The number of hydrogen-bond donors (Lipinski definition) is 1. The molecule has 3 aromatic rings. The average molecular weight is 437 g/mol. The third-order valence-corrected chi connectivity index (χ3v) is 7.14. The lowest BCUT2D eigenvalue weighted by Crippen LogP contribution is -2.27. The SMILES string of the molecule is Cc1ccc(C)c([C@H](C)NC(=O)c2ccc(CN(C)S(=O)(=O)c3ccccc3)cc2)c1. The molecule has 1 atom stereocenters. The van der Waals surface area contributed by atoms with Crippen LogP contribution in [0.5, 0.6) is 0 Å². The molecule has 0 saturated carbocycles. The van der Waals surface area contributed by atoms with E-state index in [4.69, 9.17) is 0 Å². The van der Waals surface area contributed by atoms with E-state index in [2.05, 4.69) is 23.5 Å². The van der Waals surface area contributed by atoms with Crippen LogP contribution in [0, 0.1) is 13.8 Å². The van der Waals surface area contributed by atoms with E-state index in [1.165, 1.54) is 4.31 Å². The fourth-order valence-corrected chi connectivity index (χ4v) is 4.64. The molecule has 31 heavy (non-hydrogen) atoms. The minimum Gasteiger partial charge on any atom is -0.346 e. The maximum atomic E-state index is 12.7. The van der Waals surface area contributed by atoms with Gasteiger partial charge in [-0.15, -0.1) is 0 Å². The number of benzene rings is 3. The molecule has 1 N–H and O–H groups in total. The number of nitrogens with zero attached hydrogens (tertiary/aromatic N) is 1. The number of carbonyl (C=O) groups excluding carboxylic acids is 1. The second-order valence-corrected chi connectivity index (χ2v) is 9.87. The number of sulfonamides is 1. The Kier molecular flexibility index (Phi) is 6.93. The van der Waals surface area contributed by atoms with Crippen molar-refractivity contribution in [1.82, 2.24) is 9.62 Å². The van der Waals surface area contributed by atoms with Gasteiger partial charge in [0.1, 0.15) is 0 Å². The highest BCUT2D eigenvalue weighted by molar-refractivity contribution is 7.89. The zero-order valence-corrected chi connectivity index (χ0v) is 19.1. The fraction of sp³-hybridized carbons (Fsp3) is 0.240. The topological polar surface area (TPSA) is 66.5 Å². The summed E-state index contributed by atoms with van der Waals surface area (Å²) in [4.78, 5) is 12.9. The fourth-order valence-electron chi connectivity index (χ4n) is 3.46. The molecule has 0 radical (unpaired) electrons. The Bertz CT molecular complexity index is 1160. The van der Waals surface area contributed by atoms with E-state index < -0.39 is 10.0 Å². The van der Waals surface area contributed by atoms with Gasteiger partial charge < -0.3 is 5.32 Å². The Hall–Kier alpha value is -2.96. The lowest BCUT2D eigenvalue weighted by molar-refractivity contribution is 0.0939. The summed E-state index contributed by atoms with van der Waals surface area (Å²) < 4.78 is 26.7. The van der Waals surface area contributed by atoms with Crippen molar-refractivity contribution in [3.05, 3.63) is 101 Å². The molecule has 0 aliphatic heterocycles. The van der Waals surface area contributed by atoms with E-state index >= 15 is 0 Å². The Balaban J connectivity index is 1.67. The molecule has 5 nitrogen and oxygen atoms in total. The summed E-state index contributed by atoms with van der Waals surface area (Å²) >= 11 is 0. The molecule has 0 spiro atoms. The van der Waals surface area contributed by atoms with Crippen LogP contribution < -0.4 is 5.32 Å².